The summed E-state index contributed by atoms with van der Waals surface area (Å²) in [6.07, 6.45) is 11.2. The molecule has 7 nitrogen and oxygen atoms in total. The predicted octanol–water partition coefficient (Wildman–Crippen LogP) is 4.95. The van der Waals surface area contributed by atoms with E-state index in [2.05, 4.69) is 19.9 Å². The maximum atomic E-state index is 15.9. The first-order chi connectivity index (χ1) is 18.9. The van der Waals surface area contributed by atoms with Crippen LogP contribution in [0.5, 0.6) is 0 Å². The van der Waals surface area contributed by atoms with E-state index in [1.807, 2.05) is 28.9 Å². The van der Waals surface area contributed by atoms with Crippen LogP contribution in [0.3, 0.4) is 0 Å². The predicted molar refractivity (Wildman–Crippen MR) is 142 cm³/mol. The molecule has 0 aliphatic carbocycles. The van der Waals surface area contributed by atoms with Crippen LogP contribution in [0.2, 0.25) is 0 Å². The topological polar surface area (TPSA) is 66.6 Å². The molecular weight excluding hydrogens is 505 g/mol. The summed E-state index contributed by atoms with van der Waals surface area (Å²) in [5.74, 6) is -1.64. The zero-order chi connectivity index (χ0) is 27.0. The fraction of sp³-hybridized carbons (Fsp3) is 0.448. The molecule has 0 N–H and O–H groups in total. The highest BCUT2D eigenvalue weighted by molar-refractivity contribution is 5.85. The minimum absolute atomic E-state index is 0.0854. The Bertz CT molecular complexity index is 1410. The Morgan fingerprint density at radius 3 is 2.44 bits per heavy atom. The number of aliphatic imine (C=N–C) groups is 1. The van der Waals surface area contributed by atoms with E-state index in [9.17, 15) is 13.6 Å². The van der Waals surface area contributed by atoms with Gasteiger partial charge in [0, 0.05) is 82.3 Å². The van der Waals surface area contributed by atoms with Crippen molar-refractivity contribution in [2.45, 2.75) is 56.4 Å². The number of hydrogen-bond donors (Lipinski definition) is 0. The molecule has 3 aliphatic rings. The summed E-state index contributed by atoms with van der Waals surface area (Å²) in [4.78, 5) is 30.4. The fourth-order valence-corrected chi connectivity index (χ4v) is 6.02. The second-order valence-electron chi connectivity index (χ2n) is 10.7. The van der Waals surface area contributed by atoms with Crippen LogP contribution in [0.1, 0.15) is 55.6 Å². The van der Waals surface area contributed by atoms with Crippen molar-refractivity contribution in [3.05, 3.63) is 71.8 Å². The molecule has 39 heavy (non-hydrogen) atoms. The lowest BCUT2D eigenvalue weighted by molar-refractivity contribution is -0.148. The van der Waals surface area contributed by atoms with Crippen molar-refractivity contribution in [3.8, 4) is 0 Å². The van der Waals surface area contributed by atoms with Crippen LogP contribution in [0.25, 0.3) is 11.0 Å². The van der Waals surface area contributed by atoms with E-state index in [0.717, 1.165) is 11.6 Å². The minimum Gasteiger partial charge on any atom is -0.340 e. The number of nitrogens with zero attached hydrogens (tertiary/aromatic N) is 6. The Morgan fingerprint density at radius 2 is 1.74 bits per heavy atom. The normalized spacial score (nSPS) is 22.0. The van der Waals surface area contributed by atoms with Crippen LogP contribution in [0.15, 0.2) is 53.8 Å². The quantitative estimate of drug-likeness (QED) is 0.463. The minimum atomic E-state index is -1.86. The number of aromatic nitrogens is 3. The van der Waals surface area contributed by atoms with Crippen molar-refractivity contribution in [2.75, 3.05) is 26.2 Å². The van der Waals surface area contributed by atoms with E-state index in [4.69, 9.17) is 0 Å². The van der Waals surface area contributed by atoms with Gasteiger partial charge >= 0.3 is 0 Å². The van der Waals surface area contributed by atoms with Gasteiger partial charge in [-0.25, -0.2) is 18.2 Å². The van der Waals surface area contributed by atoms with Gasteiger partial charge in [-0.1, -0.05) is 6.08 Å². The van der Waals surface area contributed by atoms with Crippen LogP contribution in [-0.2, 0) is 11.3 Å². The molecule has 0 spiro atoms. The second-order valence-corrected chi connectivity index (χ2v) is 10.7. The maximum absolute atomic E-state index is 15.9. The number of piperidine rings is 2. The number of rotatable bonds is 5. The van der Waals surface area contributed by atoms with Crippen molar-refractivity contribution in [1.29, 1.82) is 0 Å². The lowest BCUT2D eigenvalue weighted by Crippen LogP contribution is -2.54. The van der Waals surface area contributed by atoms with Gasteiger partial charge in [-0.3, -0.25) is 19.7 Å². The van der Waals surface area contributed by atoms with Crippen molar-refractivity contribution in [2.24, 2.45) is 4.99 Å². The van der Waals surface area contributed by atoms with Gasteiger partial charge in [-0.05, 0) is 43.0 Å². The molecule has 0 saturated carbocycles. The maximum Gasteiger partial charge on any atom is 0.260 e. The van der Waals surface area contributed by atoms with E-state index in [1.54, 1.807) is 23.5 Å². The highest BCUT2D eigenvalue weighted by Crippen LogP contribution is 2.36. The second kappa shape index (κ2) is 10.6. The molecule has 2 saturated heterocycles. The zero-order valence-electron chi connectivity index (χ0n) is 21.6. The first kappa shape index (κ1) is 25.7. The van der Waals surface area contributed by atoms with Crippen molar-refractivity contribution in [3.63, 3.8) is 0 Å². The van der Waals surface area contributed by atoms with Crippen molar-refractivity contribution in [1.82, 2.24) is 24.3 Å². The third kappa shape index (κ3) is 5.09. The number of amides is 1. The molecule has 1 atom stereocenters. The van der Waals surface area contributed by atoms with Gasteiger partial charge < -0.3 is 9.47 Å². The number of carbonyl (C=O) groups excluding carboxylic acids is 1. The largest absolute Gasteiger partial charge is 0.340 e. The summed E-state index contributed by atoms with van der Waals surface area (Å²) < 4.78 is 46.1. The van der Waals surface area contributed by atoms with Crippen LogP contribution < -0.4 is 0 Å². The lowest BCUT2D eigenvalue weighted by Gasteiger charge is -2.41. The smallest absolute Gasteiger partial charge is 0.260 e. The number of benzene rings is 1. The molecule has 10 heteroatoms. The molecule has 0 bridgehead atoms. The average Bonchev–Trinajstić information content (AvgIpc) is 3.33. The van der Waals surface area contributed by atoms with Gasteiger partial charge in [0.25, 0.3) is 5.91 Å². The van der Waals surface area contributed by atoms with E-state index in [0.29, 0.717) is 68.8 Å². The third-order valence-electron chi connectivity index (χ3n) is 8.21. The van der Waals surface area contributed by atoms with Gasteiger partial charge in [0.2, 0.25) is 0 Å². The first-order valence-corrected chi connectivity index (χ1v) is 13.6. The molecule has 3 aromatic rings. The number of allylic oxidation sites excluding steroid dienone is 1. The van der Waals surface area contributed by atoms with E-state index in [1.165, 1.54) is 6.07 Å². The van der Waals surface area contributed by atoms with Gasteiger partial charge in [0.1, 0.15) is 11.9 Å². The number of imidazole rings is 1. The number of pyridine rings is 1. The molecule has 5 heterocycles. The number of carbonyl (C=O) groups is 1. The summed E-state index contributed by atoms with van der Waals surface area (Å²) in [6, 6.07) is 5.88. The molecule has 1 unspecified atom stereocenters. The highest BCUT2D eigenvalue weighted by atomic mass is 19.2. The van der Waals surface area contributed by atoms with Gasteiger partial charge in [0.15, 0.2) is 17.3 Å². The number of alkyl halides is 1. The molecule has 1 aromatic carbocycles. The molecule has 6 rings (SSSR count). The highest BCUT2D eigenvalue weighted by Gasteiger charge is 2.45. The van der Waals surface area contributed by atoms with Crippen molar-refractivity contribution >= 4 is 23.2 Å². The summed E-state index contributed by atoms with van der Waals surface area (Å²) >= 11 is 0. The number of likely N-dealkylation sites (tertiary alicyclic amines) is 2. The SMILES string of the molecule is O=C(N1CCC(n2c(C3CC=CC=N3)nc3cc(F)c(F)cc32)CC1)C1(F)CCN(Cc2ccncc2)CC1. The summed E-state index contributed by atoms with van der Waals surface area (Å²) in [6.45, 7) is 2.54. The number of dihydropyridines is 1. The molecule has 0 radical (unpaired) electrons. The number of hydrogen-bond acceptors (Lipinski definition) is 5. The molecule has 2 fully saturated rings. The standard InChI is InChI=1S/C29H31F3N6O/c30-22-17-25-26(18-23(22)31)38(27(35-25)24-3-1-2-10-34-24)21-6-13-37(14-7-21)28(39)29(32)8-15-36(16-9-29)19-20-4-11-33-12-5-20/h1-2,4-5,10-12,17-18,21,24H,3,6-9,13-16,19H2. The molecule has 2 aromatic heterocycles. The fourth-order valence-electron chi connectivity index (χ4n) is 6.02. The van der Waals surface area contributed by atoms with E-state index >= 15 is 4.39 Å². The molecule has 204 valence electrons. The first-order valence-electron chi connectivity index (χ1n) is 13.6. The Balaban J connectivity index is 1.14. The lowest BCUT2D eigenvalue weighted by atomic mass is 9.90. The Morgan fingerprint density at radius 1 is 1.03 bits per heavy atom. The van der Waals surface area contributed by atoms with Gasteiger partial charge in [0.05, 0.1) is 11.0 Å². The summed E-state index contributed by atoms with van der Waals surface area (Å²) in [5.41, 5.74) is 0.155. The van der Waals surface area contributed by atoms with Crippen LogP contribution >= 0.6 is 0 Å². The Kier molecular flexibility index (Phi) is 6.97. The summed E-state index contributed by atoms with van der Waals surface area (Å²) in [7, 11) is 0. The molecule has 3 aliphatic heterocycles. The Labute approximate surface area is 225 Å². The van der Waals surface area contributed by atoms with E-state index in [-0.39, 0.29) is 24.9 Å². The van der Waals surface area contributed by atoms with Crippen LogP contribution in [-0.4, -0.2) is 68.3 Å². The summed E-state index contributed by atoms with van der Waals surface area (Å²) in [5, 5.41) is 0. The monoisotopic (exact) mass is 536 g/mol. The number of fused-ring (bicyclic) bond motifs is 1. The van der Waals surface area contributed by atoms with Gasteiger partial charge in [-0.2, -0.15) is 0 Å². The average molecular weight is 537 g/mol. The molecular formula is C29H31F3N6O. The Hall–Kier alpha value is -3.53. The van der Waals surface area contributed by atoms with Crippen LogP contribution in [0.4, 0.5) is 13.2 Å². The number of halogens is 3. The third-order valence-corrected chi connectivity index (χ3v) is 8.21. The van der Waals surface area contributed by atoms with Gasteiger partial charge in [-0.15, -0.1) is 0 Å². The van der Waals surface area contributed by atoms with Crippen molar-refractivity contribution < 1.29 is 18.0 Å². The van der Waals surface area contributed by atoms with Crippen LogP contribution in [0, 0.1) is 11.6 Å². The van der Waals surface area contributed by atoms with E-state index < -0.39 is 23.2 Å². The molecule has 1 amide bonds. The zero-order valence-corrected chi connectivity index (χ0v) is 21.6.